The molecule has 0 saturated carbocycles. The van der Waals surface area contributed by atoms with E-state index in [9.17, 15) is 83.1 Å². The second-order valence-electron chi connectivity index (χ2n) is 21.9. The van der Waals surface area contributed by atoms with Crippen LogP contribution < -0.4 is 43.0 Å². The summed E-state index contributed by atoms with van der Waals surface area (Å²) < 4.78 is 0. The predicted octanol–water partition coefficient (Wildman–Crippen LogP) is 0.150. The number of nitrogens with two attached hydrogens (primary N) is 1. The van der Waals surface area contributed by atoms with Crippen LogP contribution in [0.1, 0.15) is 89.8 Å². The van der Waals surface area contributed by atoms with Crippen LogP contribution in [0.4, 0.5) is 0 Å². The van der Waals surface area contributed by atoms with Gasteiger partial charge >= 0.3 is 11.9 Å². The minimum atomic E-state index is -1.91. The summed E-state index contributed by atoms with van der Waals surface area (Å²) in [5.41, 5.74) is 7.61. The number of Topliss-reactive ketones (excluding diaryl/α,β-unsaturated/α-hetero) is 1. The molecule has 2 aliphatic heterocycles. The molecule has 88 heavy (non-hydrogen) atoms. The third-order valence-corrected chi connectivity index (χ3v) is 17.2. The van der Waals surface area contributed by atoms with Crippen LogP contribution in [0.25, 0.3) is 0 Å². The molecule has 0 radical (unpaired) electrons. The Bertz CT molecular complexity index is 2990. The van der Waals surface area contributed by atoms with Crippen molar-refractivity contribution in [3.05, 3.63) is 89.5 Å². The Morgan fingerprint density at radius 3 is 1.33 bits per heavy atom. The summed E-state index contributed by atoms with van der Waals surface area (Å²) in [4.78, 5) is 166. The molecule has 5 rings (SSSR count). The van der Waals surface area contributed by atoms with E-state index in [2.05, 4.69) is 37.2 Å². The summed E-state index contributed by atoms with van der Waals surface area (Å²) in [6.45, 7) is 7.68. The summed E-state index contributed by atoms with van der Waals surface area (Å²) in [5.74, 6) is -11.5. The van der Waals surface area contributed by atoms with Crippen molar-refractivity contribution in [3.8, 4) is 17.2 Å². The zero-order valence-corrected chi connectivity index (χ0v) is 51.0. The number of carboxylic acids is 2. The van der Waals surface area contributed by atoms with E-state index < -0.39 is 150 Å². The summed E-state index contributed by atoms with van der Waals surface area (Å²) in [5, 5.41) is 67.3. The van der Waals surface area contributed by atoms with E-state index in [1.54, 1.807) is 26.0 Å². The number of amides is 9. The number of hydrogen-bond donors (Lipinski definition) is 13. The summed E-state index contributed by atoms with van der Waals surface area (Å²) in [6.07, 6.45) is -1.86. The number of carbonyl (C=O) groups is 12. The first-order chi connectivity index (χ1) is 41.6. The van der Waals surface area contributed by atoms with Gasteiger partial charge in [0.1, 0.15) is 65.6 Å². The van der Waals surface area contributed by atoms with Gasteiger partial charge in [0.15, 0.2) is 5.78 Å². The third-order valence-electron chi connectivity index (χ3n) is 14.7. The summed E-state index contributed by atoms with van der Waals surface area (Å²) in [7, 11) is 2.89. The summed E-state index contributed by atoms with van der Waals surface area (Å²) >= 11 is 0. The lowest BCUT2D eigenvalue weighted by Crippen LogP contribution is -2.61. The Balaban J connectivity index is 1.34. The van der Waals surface area contributed by atoms with Crippen LogP contribution in [0.5, 0.6) is 17.2 Å². The van der Waals surface area contributed by atoms with Crippen LogP contribution in [-0.2, 0) is 76.8 Å². The SMILES string of the molecule is CCSSCC(N)C(=O)NC(Cc1ccc(O)cc1)C(=O)N1CCCC1C(=O)NC(Cc1ccc(O)cc1)C(=O)NC(CC(=O)O)C(=O)NC(C(=O)N1CCCC1C(=O)NC(CC(=O)O)C(=O)NC(Cc1ccc(O)cc1)C(=O)NC(C)C(C)=O)C(C)C. The number of nitrogens with one attached hydrogen (secondary N) is 7. The fraction of sp³-hybridized carbons (Fsp3) is 0.492. The molecule has 0 bridgehead atoms. The Morgan fingerprint density at radius 2 is 0.886 bits per heavy atom. The highest BCUT2D eigenvalue weighted by Crippen LogP contribution is 2.25. The number of carboxylic acid groups (broad SMARTS) is 2. The smallest absolute Gasteiger partial charge is 0.305 e. The standard InChI is InChI=1S/C59H78N10O17S2/c1-6-87-88-30-40(60)51(78)66-45(27-36-15-21-39(73)22-16-36)58(85)68-23-7-9-46(68)56(83)64-42(26-35-13-19-38(72)20-14-35)53(80)63-44(29-49(76)77)55(82)67-50(31(2)3)59(86)69-24-8-10-47(69)57(84)65-43(28-48(74)75)54(81)62-41(52(79)61-32(4)33(5)70)25-34-11-17-37(71)18-12-34/h11-22,31-32,40-47,50,71-73H,6-10,23-30,60H2,1-5H3,(H,61,79)(H,62,81)(H,63,80)(H,64,83)(H,65,84)(H,66,78)(H,67,82)(H,74,75)(H,76,77). The van der Waals surface area contributed by atoms with Crippen molar-refractivity contribution in [3.63, 3.8) is 0 Å². The maximum absolute atomic E-state index is 14.5. The maximum atomic E-state index is 14.5. The van der Waals surface area contributed by atoms with E-state index in [1.807, 2.05) is 6.92 Å². The molecule has 27 nitrogen and oxygen atoms in total. The number of likely N-dealkylation sites (tertiary alicyclic amines) is 2. The van der Waals surface area contributed by atoms with Crippen LogP contribution in [-0.4, -0.2) is 191 Å². The molecule has 14 N–H and O–H groups in total. The van der Waals surface area contributed by atoms with Crippen LogP contribution in [0.3, 0.4) is 0 Å². The van der Waals surface area contributed by atoms with E-state index in [-0.39, 0.29) is 74.6 Å². The predicted molar refractivity (Wildman–Crippen MR) is 323 cm³/mol. The van der Waals surface area contributed by atoms with Gasteiger partial charge in [-0.1, -0.05) is 78.8 Å². The molecule has 3 aromatic rings. The molecule has 2 fully saturated rings. The first-order valence-corrected chi connectivity index (χ1v) is 31.2. The van der Waals surface area contributed by atoms with Crippen molar-refractivity contribution in [1.29, 1.82) is 0 Å². The number of nitrogens with zero attached hydrogens (tertiary/aromatic N) is 2. The fourth-order valence-corrected chi connectivity index (χ4v) is 11.6. The number of aromatic hydroxyl groups is 3. The highest BCUT2D eigenvalue weighted by Gasteiger charge is 2.43. The number of aliphatic carboxylic acids is 2. The maximum Gasteiger partial charge on any atom is 0.305 e. The number of phenolic OH excluding ortho intramolecular Hbond substituents is 3. The van der Waals surface area contributed by atoms with Crippen molar-refractivity contribution in [2.75, 3.05) is 24.6 Å². The zero-order chi connectivity index (χ0) is 64.9. The molecule has 2 heterocycles. The van der Waals surface area contributed by atoms with Crippen molar-refractivity contribution in [2.24, 2.45) is 11.7 Å². The molecular weight excluding hydrogens is 1180 g/mol. The molecule has 2 saturated heterocycles. The van der Waals surface area contributed by atoms with Crippen molar-refractivity contribution >= 4 is 92.5 Å². The Kier molecular flexibility index (Phi) is 26.9. The zero-order valence-electron chi connectivity index (χ0n) is 49.4. The first kappa shape index (κ1) is 70.3. The molecule has 29 heteroatoms. The Hall–Kier alpha value is -8.44. The monoisotopic (exact) mass is 1260 g/mol. The van der Waals surface area contributed by atoms with Crippen LogP contribution >= 0.6 is 21.6 Å². The molecule has 0 aromatic heterocycles. The normalized spacial score (nSPS) is 17.4. The van der Waals surface area contributed by atoms with Crippen molar-refractivity contribution in [2.45, 2.75) is 153 Å². The van der Waals surface area contributed by atoms with Gasteiger partial charge < -0.3 is 78.3 Å². The van der Waals surface area contributed by atoms with Gasteiger partial charge in [-0.25, -0.2) is 0 Å². The lowest BCUT2D eigenvalue weighted by molar-refractivity contribution is -0.145. The van der Waals surface area contributed by atoms with Gasteiger partial charge in [0.2, 0.25) is 53.2 Å². The van der Waals surface area contributed by atoms with Gasteiger partial charge in [0.05, 0.1) is 24.9 Å². The van der Waals surface area contributed by atoms with E-state index in [1.165, 1.54) is 101 Å². The molecule has 9 amide bonds. The number of phenols is 3. The first-order valence-electron chi connectivity index (χ1n) is 28.7. The van der Waals surface area contributed by atoms with Gasteiger partial charge in [-0.3, -0.25) is 57.5 Å². The molecular formula is C59H78N10O17S2. The second kappa shape index (κ2) is 33.6. The third kappa shape index (κ3) is 21.2. The minimum Gasteiger partial charge on any atom is -0.508 e. The van der Waals surface area contributed by atoms with Crippen molar-refractivity contribution in [1.82, 2.24) is 47.0 Å². The number of hydrogen-bond acceptors (Lipinski definition) is 18. The average Bonchev–Trinajstić information content (AvgIpc) is 2.61. The second-order valence-corrected chi connectivity index (χ2v) is 24.7. The molecule has 3 aromatic carbocycles. The van der Waals surface area contributed by atoms with Gasteiger partial charge in [-0.2, -0.15) is 0 Å². The number of ketones is 1. The number of carbonyl (C=O) groups excluding carboxylic acids is 10. The van der Waals surface area contributed by atoms with Gasteiger partial charge in [-0.05, 0) is 98.5 Å². The lowest BCUT2D eigenvalue weighted by atomic mass is 10.0. The van der Waals surface area contributed by atoms with Gasteiger partial charge in [-0.15, -0.1) is 0 Å². The number of rotatable bonds is 32. The Morgan fingerprint density at radius 1 is 0.511 bits per heavy atom. The molecule has 2 aliphatic rings. The van der Waals surface area contributed by atoms with Crippen molar-refractivity contribution < 1.29 is 83.1 Å². The van der Waals surface area contributed by atoms with E-state index >= 15 is 0 Å². The molecule has 10 atom stereocenters. The minimum absolute atomic E-state index is 0.00863. The highest BCUT2D eigenvalue weighted by molar-refractivity contribution is 8.76. The lowest BCUT2D eigenvalue weighted by Gasteiger charge is -2.32. The van der Waals surface area contributed by atoms with Crippen LogP contribution in [0.2, 0.25) is 0 Å². The molecule has 10 unspecified atom stereocenters. The van der Waals surface area contributed by atoms with Gasteiger partial charge in [0, 0.05) is 43.9 Å². The van der Waals surface area contributed by atoms with Gasteiger partial charge in [0.25, 0.3) is 0 Å². The molecule has 0 aliphatic carbocycles. The largest absolute Gasteiger partial charge is 0.508 e. The Labute approximate surface area is 516 Å². The van der Waals surface area contributed by atoms with E-state index in [4.69, 9.17) is 5.73 Å². The van der Waals surface area contributed by atoms with Crippen LogP contribution in [0.15, 0.2) is 72.8 Å². The quantitative estimate of drug-likeness (QED) is 0.0292. The average molecular weight is 1260 g/mol. The molecule has 0 spiro atoms. The summed E-state index contributed by atoms with van der Waals surface area (Å²) in [6, 6.07) is 3.21. The molecule has 478 valence electrons. The van der Waals surface area contributed by atoms with E-state index in [0.717, 1.165) is 10.7 Å². The van der Waals surface area contributed by atoms with Crippen LogP contribution in [0, 0.1) is 5.92 Å². The van der Waals surface area contributed by atoms with E-state index in [0.29, 0.717) is 23.1 Å². The topological polar surface area (TPSA) is 423 Å². The highest BCUT2D eigenvalue weighted by atomic mass is 33.1. The number of benzene rings is 3. The fourth-order valence-electron chi connectivity index (χ4n) is 9.80.